The molecule has 0 radical (unpaired) electrons. The first-order valence-corrected chi connectivity index (χ1v) is 5.02. The molecule has 0 fully saturated rings. The first-order valence-electron chi connectivity index (χ1n) is 5.02. The number of hydrogen-bond acceptors (Lipinski definition) is 2. The summed E-state index contributed by atoms with van der Waals surface area (Å²) >= 11 is 0. The van der Waals surface area contributed by atoms with Gasteiger partial charge in [-0.25, -0.2) is 4.85 Å². The Morgan fingerprint density at radius 1 is 0.941 bits per heavy atom. The lowest BCUT2D eigenvalue weighted by molar-refractivity contribution is 0.103. The second kappa shape index (κ2) is 4.50. The minimum Gasteiger partial charge on any atom is -0.508 e. The molecule has 0 spiro atoms. The van der Waals surface area contributed by atoms with Crippen molar-refractivity contribution >= 4 is 11.5 Å². The molecule has 0 atom stereocenters. The summed E-state index contributed by atoms with van der Waals surface area (Å²) in [6.07, 6.45) is 0. The molecule has 1 N–H and O–H groups in total. The lowest BCUT2D eigenvalue weighted by atomic mass is 10.0. The van der Waals surface area contributed by atoms with Gasteiger partial charge in [-0.15, -0.1) is 0 Å². The molecule has 0 amide bonds. The van der Waals surface area contributed by atoms with Crippen molar-refractivity contribution in [2.45, 2.75) is 0 Å². The highest BCUT2D eigenvalue weighted by Gasteiger charge is 2.08. The Morgan fingerprint density at radius 3 is 1.88 bits per heavy atom. The molecule has 2 aromatic carbocycles. The maximum absolute atomic E-state index is 12.0. The molecule has 0 aliphatic rings. The Balaban J connectivity index is 2.31. The molecule has 3 heteroatoms. The average molecular weight is 223 g/mol. The quantitative estimate of drug-likeness (QED) is 0.627. The molecular formula is C14H9NO2. The van der Waals surface area contributed by atoms with Crippen LogP contribution >= 0.6 is 0 Å². The van der Waals surface area contributed by atoms with E-state index in [0.717, 1.165) is 0 Å². The van der Waals surface area contributed by atoms with Crippen LogP contribution in [0.3, 0.4) is 0 Å². The van der Waals surface area contributed by atoms with E-state index in [2.05, 4.69) is 4.85 Å². The second-order valence-corrected chi connectivity index (χ2v) is 3.53. The van der Waals surface area contributed by atoms with Crippen molar-refractivity contribution in [1.29, 1.82) is 0 Å². The third-order valence-corrected chi connectivity index (χ3v) is 2.39. The van der Waals surface area contributed by atoms with Gasteiger partial charge in [-0.05, 0) is 24.3 Å². The molecule has 2 rings (SSSR count). The summed E-state index contributed by atoms with van der Waals surface area (Å²) in [6, 6.07) is 12.6. The van der Waals surface area contributed by atoms with Crippen LogP contribution in [-0.2, 0) is 0 Å². The maximum Gasteiger partial charge on any atom is 0.192 e. The summed E-state index contributed by atoms with van der Waals surface area (Å²) in [7, 11) is 0. The van der Waals surface area contributed by atoms with Crippen molar-refractivity contribution < 1.29 is 9.90 Å². The molecule has 0 aromatic heterocycles. The van der Waals surface area contributed by atoms with Crippen LogP contribution in [0.4, 0.5) is 5.69 Å². The second-order valence-electron chi connectivity index (χ2n) is 3.53. The van der Waals surface area contributed by atoms with E-state index in [4.69, 9.17) is 11.7 Å². The Bertz CT molecular complexity index is 577. The first kappa shape index (κ1) is 10.9. The van der Waals surface area contributed by atoms with E-state index >= 15 is 0 Å². The van der Waals surface area contributed by atoms with Gasteiger partial charge in [-0.3, -0.25) is 4.79 Å². The van der Waals surface area contributed by atoms with Gasteiger partial charge >= 0.3 is 0 Å². The number of phenolic OH excluding ortho intramolecular Hbond substituents is 1. The molecule has 17 heavy (non-hydrogen) atoms. The van der Waals surface area contributed by atoms with Gasteiger partial charge in [-0.2, -0.15) is 0 Å². The molecule has 2 aromatic rings. The number of benzene rings is 2. The number of aromatic hydroxyl groups is 1. The van der Waals surface area contributed by atoms with E-state index in [1.807, 2.05) is 0 Å². The standard InChI is InChI=1S/C14H9NO2/c1-15-12-6-2-10(3-7-12)14(17)11-4-8-13(16)9-5-11/h2-9,16H. The Morgan fingerprint density at radius 2 is 1.41 bits per heavy atom. The van der Waals surface area contributed by atoms with E-state index in [-0.39, 0.29) is 11.5 Å². The van der Waals surface area contributed by atoms with Gasteiger partial charge in [0.05, 0.1) is 6.57 Å². The third-order valence-electron chi connectivity index (χ3n) is 2.39. The highest BCUT2D eigenvalue weighted by molar-refractivity contribution is 6.09. The summed E-state index contributed by atoms with van der Waals surface area (Å²) in [4.78, 5) is 15.3. The zero-order chi connectivity index (χ0) is 12.3. The molecule has 3 nitrogen and oxygen atoms in total. The number of hydrogen-bond donors (Lipinski definition) is 1. The van der Waals surface area contributed by atoms with E-state index in [9.17, 15) is 4.79 Å². The fourth-order valence-electron chi connectivity index (χ4n) is 1.47. The van der Waals surface area contributed by atoms with Crippen LogP contribution in [-0.4, -0.2) is 10.9 Å². The number of phenols is 1. The van der Waals surface area contributed by atoms with Gasteiger partial charge in [0.1, 0.15) is 5.75 Å². The van der Waals surface area contributed by atoms with Crippen molar-refractivity contribution in [3.8, 4) is 5.75 Å². The van der Waals surface area contributed by atoms with Gasteiger partial charge < -0.3 is 5.11 Å². The smallest absolute Gasteiger partial charge is 0.192 e. The summed E-state index contributed by atoms with van der Waals surface area (Å²) in [5.41, 5.74) is 1.55. The zero-order valence-corrected chi connectivity index (χ0v) is 8.92. The fraction of sp³-hybridized carbons (Fsp3) is 0. The van der Waals surface area contributed by atoms with Gasteiger partial charge in [-0.1, -0.05) is 24.3 Å². The molecule has 0 aliphatic carbocycles. The first-order chi connectivity index (χ1) is 8.20. The van der Waals surface area contributed by atoms with E-state index in [1.54, 1.807) is 36.4 Å². The molecule has 0 unspecified atom stereocenters. The van der Waals surface area contributed by atoms with Crippen LogP contribution in [0.1, 0.15) is 15.9 Å². The SMILES string of the molecule is [C-]#[N+]c1ccc(C(=O)c2ccc(O)cc2)cc1. The number of carbonyl (C=O) groups is 1. The topological polar surface area (TPSA) is 41.7 Å². The van der Waals surface area contributed by atoms with Crippen LogP contribution < -0.4 is 0 Å². The number of ketones is 1. The highest BCUT2D eigenvalue weighted by atomic mass is 16.3. The van der Waals surface area contributed by atoms with Crippen LogP contribution in [0.5, 0.6) is 5.75 Å². The average Bonchev–Trinajstić information content (AvgIpc) is 2.39. The van der Waals surface area contributed by atoms with E-state index in [0.29, 0.717) is 16.8 Å². The summed E-state index contributed by atoms with van der Waals surface area (Å²) < 4.78 is 0. The normalized spacial score (nSPS) is 9.59. The van der Waals surface area contributed by atoms with Crippen molar-refractivity contribution in [1.82, 2.24) is 0 Å². The number of rotatable bonds is 2. The van der Waals surface area contributed by atoms with Crippen LogP contribution in [0, 0.1) is 6.57 Å². The molecule has 0 heterocycles. The van der Waals surface area contributed by atoms with Gasteiger partial charge in [0.2, 0.25) is 0 Å². The Labute approximate surface area is 98.8 Å². The van der Waals surface area contributed by atoms with Crippen molar-refractivity contribution in [2.24, 2.45) is 0 Å². The van der Waals surface area contributed by atoms with Crippen molar-refractivity contribution in [3.63, 3.8) is 0 Å². The molecule has 0 saturated heterocycles. The number of nitrogens with zero attached hydrogens (tertiary/aromatic N) is 1. The lowest BCUT2D eigenvalue weighted by Gasteiger charge is -2.01. The zero-order valence-electron chi connectivity index (χ0n) is 8.92. The van der Waals surface area contributed by atoms with Gasteiger partial charge in [0.15, 0.2) is 11.5 Å². The summed E-state index contributed by atoms with van der Waals surface area (Å²) in [5, 5.41) is 9.13. The molecule has 0 bridgehead atoms. The van der Waals surface area contributed by atoms with Crippen LogP contribution in [0.15, 0.2) is 48.5 Å². The molecule has 82 valence electrons. The van der Waals surface area contributed by atoms with Crippen molar-refractivity contribution in [2.75, 3.05) is 0 Å². The monoisotopic (exact) mass is 223 g/mol. The largest absolute Gasteiger partial charge is 0.508 e. The molecule has 0 saturated carbocycles. The number of carbonyl (C=O) groups excluding carboxylic acids is 1. The Kier molecular flexibility index (Phi) is 2.89. The summed E-state index contributed by atoms with van der Waals surface area (Å²) in [6.45, 7) is 6.82. The van der Waals surface area contributed by atoms with Gasteiger partial charge in [0, 0.05) is 11.1 Å². The Hall–Kier alpha value is -2.60. The van der Waals surface area contributed by atoms with E-state index < -0.39 is 0 Å². The lowest BCUT2D eigenvalue weighted by Crippen LogP contribution is -2.00. The predicted octanol–water partition coefficient (Wildman–Crippen LogP) is 3.17. The van der Waals surface area contributed by atoms with E-state index in [1.165, 1.54) is 12.1 Å². The summed E-state index contributed by atoms with van der Waals surface area (Å²) in [5.74, 6) is 0.00596. The maximum atomic E-state index is 12.0. The highest BCUT2D eigenvalue weighted by Crippen LogP contribution is 2.17. The minimum absolute atomic E-state index is 0.124. The molecular weight excluding hydrogens is 214 g/mol. The van der Waals surface area contributed by atoms with Crippen LogP contribution in [0.2, 0.25) is 0 Å². The minimum atomic E-state index is -0.124. The van der Waals surface area contributed by atoms with Crippen molar-refractivity contribution in [3.05, 3.63) is 71.1 Å². The van der Waals surface area contributed by atoms with Gasteiger partial charge in [0.25, 0.3) is 0 Å². The van der Waals surface area contributed by atoms with Crippen LogP contribution in [0.25, 0.3) is 4.85 Å². The molecule has 0 aliphatic heterocycles. The fourth-order valence-corrected chi connectivity index (χ4v) is 1.47. The predicted molar refractivity (Wildman–Crippen MR) is 64.2 cm³/mol. The third kappa shape index (κ3) is 2.32.